The standard InChI is InChI=1S/C23H23O5/c1-24-19-12-10-17(14-21(19)28-15-16-8-6-5-7-9-16)18-11-13-20(25-2)23(27-4)22(18)26-3/h5-10,12-14H,15H2,1-4H3. The third kappa shape index (κ3) is 3.98. The highest BCUT2D eigenvalue weighted by Crippen LogP contribution is 2.45. The van der Waals surface area contributed by atoms with Crippen molar-refractivity contribution in [1.29, 1.82) is 0 Å². The predicted octanol–water partition coefficient (Wildman–Crippen LogP) is 4.77. The molecule has 145 valence electrons. The molecule has 0 saturated heterocycles. The lowest BCUT2D eigenvalue weighted by molar-refractivity contribution is 0.284. The molecule has 0 aliphatic heterocycles. The largest absolute Gasteiger partial charge is 0.493 e. The van der Waals surface area contributed by atoms with Gasteiger partial charge in [0.05, 0.1) is 28.4 Å². The van der Waals surface area contributed by atoms with E-state index >= 15 is 0 Å². The topological polar surface area (TPSA) is 46.2 Å². The van der Waals surface area contributed by atoms with Crippen molar-refractivity contribution in [1.82, 2.24) is 0 Å². The van der Waals surface area contributed by atoms with Gasteiger partial charge in [0.2, 0.25) is 5.75 Å². The quantitative estimate of drug-likeness (QED) is 0.564. The van der Waals surface area contributed by atoms with Crippen LogP contribution < -0.4 is 23.7 Å². The van der Waals surface area contributed by atoms with Crippen molar-refractivity contribution in [3.05, 3.63) is 66.2 Å². The fourth-order valence-corrected chi connectivity index (χ4v) is 2.93. The highest BCUT2D eigenvalue weighted by molar-refractivity contribution is 5.77. The molecule has 0 N–H and O–H groups in total. The van der Waals surface area contributed by atoms with E-state index in [0.29, 0.717) is 35.4 Å². The van der Waals surface area contributed by atoms with Gasteiger partial charge in [-0.3, -0.25) is 0 Å². The van der Waals surface area contributed by atoms with Crippen molar-refractivity contribution in [2.45, 2.75) is 6.61 Å². The first-order chi connectivity index (χ1) is 13.7. The minimum atomic E-state index is 0.438. The molecule has 0 aliphatic rings. The lowest BCUT2D eigenvalue weighted by Gasteiger charge is -2.17. The van der Waals surface area contributed by atoms with Crippen LogP contribution in [0, 0.1) is 6.07 Å². The van der Waals surface area contributed by atoms with Crippen LogP contribution in [-0.2, 0) is 6.61 Å². The summed E-state index contributed by atoms with van der Waals surface area (Å²) in [5, 5.41) is 0. The number of rotatable bonds is 8. The lowest BCUT2D eigenvalue weighted by Crippen LogP contribution is -1.99. The average Bonchev–Trinajstić information content (AvgIpc) is 2.76. The molecule has 0 heterocycles. The maximum Gasteiger partial charge on any atom is 0.203 e. The average molecular weight is 379 g/mol. The van der Waals surface area contributed by atoms with Gasteiger partial charge in [0.15, 0.2) is 23.0 Å². The van der Waals surface area contributed by atoms with Gasteiger partial charge < -0.3 is 23.7 Å². The first-order valence-electron chi connectivity index (χ1n) is 8.77. The summed E-state index contributed by atoms with van der Waals surface area (Å²) >= 11 is 0. The Morgan fingerprint density at radius 3 is 2.07 bits per heavy atom. The summed E-state index contributed by atoms with van der Waals surface area (Å²) in [6, 6.07) is 20.6. The van der Waals surface area contributed by atoms with Crippen LogP contribution in [0.4, 0.5) is 0 Å². The summed E-state index contributed by atoms with van der Waals surface area (Å²) in [5.74, 6) is 2.90. The Hall–Kier alpha value is -3.34. The summed E-state index contributed by atoms with van der Waals surface area (Å²) in [6.07, 6.45) is 0. The van der Waals surface area contributed by atoms with E-state index in [1.54, 1.807) is 34.5 Å². The summed E-state index contributed by atoms with van der Waals surface area (Å²) in [7, 11) is 6.36. The van der Waals surface area contributed by atoms with Crippen LogP contribution in [0.1, 0.15) is 5.56 Å². The second kappa shape index (κ2) is 9.04. The van der Waals surface area contributed by atoms with Crippen molar-refractivity contribution in [2.75, 3.05) is 28.4 Å². The van der Waals surface area contributed by atoms with Crippen LogP contribution >= 0.6 is 0 Å². The molecular weight excluding hydrogens is 356 g/mol. The van der Waals surface area contributed by atoms with Gasteiger partial charge in [-0.05, 0) is 35.4 Å². The third-order valence-electron chi connectivity index (χ3n) is 4.32. The smallest absolute Gasteiger partial charge is 0.203 e. The van der Waals surface area contributed by atoms with Crippen molar-refractivity contribution in [3.63, 3.8) is 0 Å². The molecule has 5 heteroatoms. The number of methoxy groups -OCH3 is 4. The van der Waals surface area contributed by atoms with E-state index in [0.717, 1.165) is 16.7 Å². The molecule has 5 nitrogen and oxygen atoms in total. The zero-order valence-corrected chi connectivity index (χ0v) is 16.4. The van der Waals surface area contributed by atoms with Gasteiger partial charge in [-0.25, -0.2) is 0 Å². The van der Waals surface area contributed by atoms with E-state index < -0.39 is 0 Å². The molecule has 0 aromatic heterocycles. The maximum absolute atomic E-state index is 6.02. The molecule has 0 atom stereocenters. The van der Waals surface area contributed by atoms with Gasteiger partial charge in [0, 0.05) is 5.56 Å². The molecule has 3 aromatic carbocycles. The SMILES string of the molecule is COc1ccc(-c2[c]cc(OC)c(OC)c2OC)cc1OCc1ccccc1. The fraction of sp³-hybridized carbons (Fsp3) is 0.217. The van der Waals surface area contributed by atoms with Gasteiger partial charge in [-0.15, -0.1) is 0 Å². The van der Waals surface area contributed by atoms with Crippen LogP contribution in [0.25, 0.3) is 11.1 Å². The Balaban J connectivity index is 1.99. The number of benzene rings is 3. The number of ether oxygens (including phenoxy) is 5. The Morgan fingerprint density at radius 2 is 1.43 bits per heavy atom. The minimum absolute atomic E-state index is 0.438. The van der Waals surface area contributed by atoms with Crippen molar-refractivity contribution >= 4 is 0 Å². The monoisotopic (exact) mass is 379 g/mol. The first kappa shape index (κ1) is 19.4. The van der Waals surface area contributed by atoms with Crippen LogP contribution in [0.2, 0.25) is 0 Å². The summed E-state index contributed by atoms with van der Waals surface area (Å²) in [6.45, 7) is 0.438. The Morgan fingerprint density at radius 1 is 0.714 bits per heavy atom. The van der Waals surface area contributed by atoms with Crippen molar-refractivity contribution < 1.29 is 23.7 Å². The molecule has 0 bridgehead atoms. The first-order valence-corrected chi connectivity index (χ1v) is 8.77. The van der Waals surface area contributed by atoms with Gasteiger partial charge in [0.25, 0.3) is 0 Å². The highest BCUT2D eigenvalue weighted by atomic mass is 16.5. The zero-order chi connectivity index (χ0) is 19.9. The second-order valence-corrected chi connectivity index (χ2v) is 5.94. The number of hydrogen-bond acceptors (Lipinski definition) is 5. The van der Waals surface area contributed by atoms with E-state index in [-0.39, 0.29) is 0 Å². The lowest BCUT2D eigenvalue weighted by atomic mass is 10.0. The molecule has 0 saturated carbocycles. The number of hydrogen-bond donors (Lipinski definition) is 0. The molecule has 0 fully saturated rings. The van der Waals surface area contributed by atoms with E-state index in [4.69, 9.17) is 23.7 Å². The Bertz CT molecular complexity index is 922. The molecule has 0 amide bonds. The maximum atomic E-state index is 6.02. The third-order valence-corrected chi connectivity index (χ3v) is 4.32. The Labute approximate surface area is 165 Å². The van der Waals surface area contributed by atoms with Gasteiger partial charge in [-0.2, -0.15) is 0 Å². The molecule has 0 unspecified atom stereocenters. The molecular formula is C23H23O5. The van der Waals surface area contributed by atoms with E-state index in [1.807, 2.05) is 48.5 Å². The predicted molar refractivity (Wildman–Crippen MR) is 108 cm³/mol. The van der Waals surface area contributed by atoms with E-state index in [9.17, 15) is 0 Å². The van der Waals surface area contributed by atoms with Gasteiger partial charge in [-0.1, -0.05) is 36.4 Å². The molecule has 28 heavy (non-hydrogen) atoms. The van der Waals surface area contributed by atoms with Crippen LogP contribution in [0.5, 0.6) is 28.7 Å². The van der Waals surface area contributed by atoms with Gasteiger partial charge >= 0.3 is 0 Å². The van der Waals surface area contributed by atoms with Crippen molar-refractivity contribution in [3.8, 4) is 39.9 Å². The molecule has 0 spiro atoms. The molecule has 3 rings (SSSR count). The minimum Gasteiger partial charge on any atom is -0.493 e. The van der Waals surface area contributed by atoms with E-state index in [2.05, 4.69) is 6.07 Å². The van der Waals surface area contributed by atoms with Crippen LogP contribution in [0.3, 0.4) is 0 Å². The second-order valence-electron chi connectivity index (χ2n) is 5.94. The van der Waals surface area contributed by atoms with E-state index in [1.165, 1.54) is 0 Å². The molecule has 1 radical (unpaired) electrons. The summed E-state index contributed by atoms with van der Waals surface area (Å²) < 4.78 is 27.9. The normalized spacial score (nSPS) is 10.3. The summed E-state index contributed by atoms with van der Waals surface area (Å²) in [5.41, 5.74) is 2.68. The Kier molecular flexibility index (Phi) is 6.27. The van der Waals surface area contributed by atoms with Crippen molar-refractivity contribution in [2.24, 2.45) is 0 Å². The molecule has 0 aliphatic carbocycles. The van der Waals surface area contributed by atoms with Gasteiger partial charge in [0.1, 0.15) is 6.61 Å². The highest BCUT2D eigenvalue weighted by Gasteiger charge is 2.18. The fourth-order valence-electron chi connectivity index (χ4n) is 2.93. The van der Waals surface area contributed by atoms with Crippen LogP contribution in [-0.4, -0.2) is 28.4 Å². The molecule has 3 aromatic rings. The van der Waals surface area contributed by atoms with Crippen LogP contribution in [0.15, 0.2) is 54.6 Å². The summed E-state index contributed by atoms with van der Waals surface area (Å²) in [4.78, 5) is 0. The zero-order valence-electron chi connectivity index (χ0n) is 16.4.